The van der Waals surface area contributed by atoms with Crippen molar-refractivity contribution in [3.05, 3.63) is 90.5 Å². The maximum absolute atomic E-state index is 12.2. The van der Waals surface area contributed by atoms with Crippen LogP contribution in [-0.4, -0.2) is 38.9 Å². The summed E-state index contributed by atoms with van der Waals surface area (Å²) in [4.78, 5) is -1.07. The highest BCUT2D eigenvalue weighted by molar-refractivity contribution is 7.86. The van der Waals surface area contributed by atoms with Crippen LogP contribution in [0.5, 0.6) is 0 Å². The summed E-state index contributed by atoms with van der Waals surface area (Å²) >= 11 is 0. The molecule has 12 heteroatoms. The van der Waals surface area contributed by atoms with Gasteiger partial charge in [-0.2, -0.15) is 25.3 Å². The molecule has 4 aromatic rings. The van der Waals surface area contributed by atoms with Crippen LogP contribution < -0.4 is 0 Å². The van der Waals surface area contributed by atoms with Crippen molar-refractivity contribution in [2.75, 3.05) is 0 Å². The molecule has 3 N–H and O–H groups in total. The fourth-order valence-corrected chi connectivity index (χ4v) is 5.78. The van der Waals surface area contributed by atoms with Crippen LogP contribution in [0.4, 0.5) is 0 Å². The highest BCUT2D eigenvalue weighted by Crippen LogP contribution is 2.37. The van der Waals surface area contributed by atoms with Gasteiger partial charge in [0.15, 0.2) is 0 Å². The molecular formula is C26H22O9S3. The molecule has 198 valence electrons. The monoisotopic (exact) mass is 574 g/mol. The fraction of sp³-hybridized carbons (Fsp3) is 0.0769. The molecule has 0 unspecified atom stereocenters. The molecule has 0 spiro atoms. The highest BCUT2D eigenvalue weighted by Gasteiger charge is 2.20. The van der Waals surface area contributed by atoms with Gasteiger partial charge < -0.3 is 0 Å². The van der Waals surface area contributed by atoms with Crippen molar-refractivity contribution in [1.82, 2.24) is 0 Å². The molecule has 9 nitrogen and oxygen atoms in total. The van der Waals surface area contributed by atoms with Crippen LogP contribution in [0.15, 0.2) is 99.6 Å². The third kappa shape index (κ3) is 6.01. The van der Waals surface area contributed by atoms with E-state index in [1.54, 1.807) is 42.5 Å². The molecule has 0 bridgehead atoms. The van der Waals surface area contributed by atoms with Crippen LogP contribution in [0.3, 0.4) is 0 Å². The maximum Gasteiger partial charge on any atom is 0.295 e. The Morgan fingerprint density at radius 3 is 1.42 bits per heavy atom. The summed E-state index contributed by atoms with van der Waals surface area (Å²) in [5.41, 5.74) is 2.80. The van der Waals surface area contributed by atoms with Gasteiger partial charge >= 0.3 is 0 Å². The van der Waals surface area contributed by atoms with Gasteiger partial charge in [0.1, 0.15) is 4.90 Å². The smallest absolute Gasteiger partial charge is 0.282 e. The van der Waals surface area contributed by atoms with Crippen molar-refractivity contribution in [2.24, 2.45) is 0 Å². The first-order valence-corrected chi connectivity index (χ1v) is 15.4. The van der Waals surface area contributed by atoms with Crippen LogP contribution in [0, 0.1) is 0 Å². The van der Waals surface area contributed by atoms with E-state index in [-0.39, 0.29) is 20.2 Å². The molecule has 0 radical (unpaired) electrons. The van der Waals surface area contributed by atoms with Crippen LogP contribution in [-0.2, 0) is 36.8 Å². The number of hydrogen-bond acceptors (Lipinski definition) is 6. The molecule has 0 saturated heterocycles. The lowest BCUT2D eigenvalue weighted by molar-refractivity contribution is 0.481. The lowest BCUT2D eigenvalue weighted by Gasteiger charge is -2.15. The van der Waals surface area contributed by atoms with Crippen LogP contribution in [0.1, 0.15) is 12.5 Å². The normalized spacial score (nSPS) is 12.4. The summed E-state index contributed by atoms with van der Waals surface area (Å²) in [7, 11) is -13.7. The van der Waals surface area contributed by atoms with Gasteiger partial charge in [-0.25, -0.2) is 0 Å². The SMILES string of the molecule is CCc1ccc(S(=O)(=O)O)c(-c2cc(-c3cccc(S(=O)(=O)O)c3)cc(-c3cccc(S(=O)(=O)O)c3)c2)c1. The number of rotatable bonds is 7. The summed E-state index contributed by atoms with van der Waals surface area (Å²) in [6.45, 7) is 1.87. The molecule has 0 aliphatic heterocycles. The zero-order valence-electron chi connectivity index (χ0n) is 19.8. The lowest BCUT2D eigenvalue weighted by atomic mass is 9.92. The van der Waals surface area contributed by atoms with Gasteiger partial charge in [0.2, 0.25) is 0 Å². The zero-order valence-corrected chi connectivity index (χ0v) is 22.3. The molecule has 0 aromatic heterocycles. The second-order valence-corrected chi connectivity index (χ2v) is 12.7. The standard InChI is InChI=1S/C26H22O9S3/c1-2-17-9-10-26(38(33,34)35)25(11-17)22-13-20(18-5-3-7-23(15-18)36(27,28)29)12-21(14-22)19-6-4-8-24(16-19)37(30,31)32/h3-16H,2H2,1H3,(H,27,28,29)(H,30,31,32)(H,33,34,35). The molecule has 0 fully saturated rings. The second-order valence-electron chi connectivity index (χ2n) is 8.46. The molecule has 0 amide bonds. The minimum atomic E-state index is -4.64. The van der Waals surface area contributed by atoms with Crippen molar-refractivity contribution in [3.63, 3.8) is 0 Å². The predicted octanol–water partition coefficient (Wildman–Crippen LogP) is 4.99. The van der Waals surface area contributed by atoms with Crippen molar-refractivity contribution in [1.29, 1.82) is 0 Å². The Hall–Kier alpha value is -3.39. The average Bonchev–Trinajstić information content (AvgIpc) is 2.86. The number of hydrogen-bond donors (Lipinski definition) is 3. The molecule has 4 rings (SSSR count). The molecule has 0 aliphatic rings. The van der Waals surface area contributed by atoms with Crippen molar-refractivity contribution in [3.8, 4) is 33.4 Å². The van der Waals surface area contributed by atoms with E-state index < -0.39 is 30.4 Å². The van der Waals surface area contributed by atoms with Crippen molar-refractivity contribution < 1.29 is 38.9 Å². The molecule has 0 heterocycles. The van der Waals surface area contributed by atoms with Gasteiger partial charge in [0.05, 0.1) is 9.79 Å². The van der Waals surface area contributed by atoms with Crippen molar-refractivity contribution in [2.45, 2.75) is 28.0 Å². The third-order valence-corrected chi connectivity index (χ3v) is 8.52. The first-order chi connectivity index (χ1) is 17.7. The van der Waals surface area contributed by atoms with Crippen LogP contribution in [0.25, 0.3) is 33.4 Å². The van der Waals surface area contributed by atoms with Gasteiger partial charge in [0.25, 0.3) is 30.4 Å². The largest absolute Gasteiger partial charge is 0.295 e. The molecule has 4 aromatic carbocycles. The summed E-state index contributed by atoms with van der Waals surface area (Å²) in [5, 5.41) is 0. The average molecular weight is 575 g/mol. The van der Waals surface area contributed by atoms with Gasteiger partial charge in [-0.1, -0.05) is 37.3 Å². The lowest BCUT2D eigenvalue weighted by Crippen LogP contribution is -2.02. The van der Waals surface area contributed by atoms with Gasteiger partial charge in [0, 0.05) is 5.56 Å². The van der Waals surface area contributed by atoms with E-state index in [1.165, 1.54) is 42.5 Å². The first-order valence-electron chi connectivity index (χ1n) is 11.1. The Bertz CT molecular complexity index is 1780. The summed E-state index contributed by atoms with van der Waals surface area (Å²) in [5.74, 6) is 0. The first kappa shape index (κ1) is 27.6. The quantitative estimate of drug-likeness (QED) is 0.258. The number of benzene rings is 4. The van der Waals surface area contributed by atoms with E-state index in [1.807, 2.05) is 6.92 Å². The van der Waals surface area contributed by atoms with Crippen molar-refractivity contribution >= 4 is 30.4 Å². The molecule has 0 aliphatic carbocycles. The molecule has 0 saturated carbocycles. The van der Waals surface area contributed by atoms with E-state index in [0.717, 1.165) is 5.56 Å². The Balaban J connectivity index is 2.07. The second kappa shape index (κ2) is 10.1. The third-order valence-electron chi connectivity index (χ3n) is 5.90. The topological polar surface area (TPSA) is 163 Å². The minimum Gasteiger partial charge on any atom is -0.282 e. The van der Waals surface area contributed by atoms with E-state index in [9.17, 15) is 38.9 Å². The fourth-order valence-electron chi connectivity index (χ4n) is 4.04. The van der Waals surface area contributed by atoms with E-state index in [4.69, 9.17) is 0 Å². The van der Waals surface area contributed by atoms with E-state index >= 15 is 0 Å². The summed E-state index contributed by atoms with van der Waals surface area (Å²) in [6.07, 6.45) is 0.568. The predicted molar refractivity (Wildman–Crippen MR) is 142 cm³/mol. The Morgan fingerprint density at radius 2 is 1.00 bits per heavy atom. The molecule has 38 heavy (non-hydrogen) atoms. The minimum absolute atomic E-state index is 0.173. The Morgan fingerprint density at radius 1 is 0.526 bits per heavy atom. The van der Waals surface area contributed by atoms with Gasteiger partial charge in [-0.15, -0.1) is 0 Å². The Kier molecular flexibility index (Phi) is 7.32. The number of aryl methyl sites for hydroxylation is 1. The summed E-state index contributed by atoms with van der Waals surface area (Å²) in [6, 6.07) is 20.1. The van der Waals surface area contributed by atoms with Crippen LogP contribution in [0.2, 0.25) is 0 Å². The van der Waals surface area contributed by atoms with Gasteiger partial charge in [-0.3, -0.25) is 13.7 Å². The zero-order chi connectivity index (χ0) is 27.9. The van der Waals surface area contributed by atoms with E-state index in [0.29, 0.717) is 34.2 Å². The molecule has 0 atom stereocenters. The molecular weight excluding hydrogens is 552 g/mol. The van der Waals surface area contributed by atoms with E-state index in [2.05, 4.69) is 0 Å². The van der Waals surface area contributed by atoms with Crippen LogP contribution >= 0.6 is 0 Å². The Labute approximate surface area is 220 Å². The highest BCUT2D eigenvalue weighted by atomic mass is 32.2. The summed E-state index contributed by atoms with van der Waals surface area (Å²) < 4.78 is 100. The maximum atomic E-state index is 12.2. The van der Waals surface area contributed by atoms with Gasteiger partial charge in [-0.05, 0) is 94.4 Å².